The molecule has 0 radical (unpaired) electrons. The highest BCUT2D eigenvalue weighted by atomic mass is 16.5. The second-order valence-electron chi connectivity index (χ2n) is 5.63. The second-order valence-corrected chi connectivity index (χ2v) is 5.63. The molecule has 4 heteroatoms. The third-order valence-electron chi connectivity index (χ3n) is 4.64. The first-order valence-corrected chi connectivity index (χ1v) is 6.74. The molecule has 0 atom stereocenters. The van der Waals surface area contributed by atoms with Gasteiger partial charge in [0.25, 0.3) is 0 Å². The molecule has 0 aromatic heterocycles. The summed E-state index contributed by atoms with van der Waals surface area (Å²) in [6.07, 6.45) is 1.79. The molecule has 102 valence electrons. The largest absolute Gasteiger partial charge is 0.497 e. The highest BCUT2D eigenvalue weighted by Gasteiger charge is 2.50. The van der Waals surface area contributed by atoms with E-state index in [2.05, 4.69) is 11.9 Å². The number of methoxy groups -OCH3 is 1. The maximum absolute atomic E-state index is 12.7. The van der Waals surface area contributed by atoms with Gasteiger partial charge in [-0.2, -0.15) is 0 Å². The lowest BCUT2D eigenvalue weighted by molar-refractivity contribution is -0.124. The lowest BCUT2D eigenvalue weighted by atomic mass is 9.73. The summed E-state index contributed by atoms with van der Waals surface area (Å²) < 4.78 is 5.32. The van der Waals surface area contributed by atoms with E-state index in [0.29, 0.717) is 0 Å². The zero-order chi connectivity index (χ0) is 13.6. The van der Waals surface area contributed by atoms with Gasteiger partial charge in [-0.15, -0.1) is 0 Å². The first kappa shape index (κ1) is 12.5. The van der Waals surface area contributed by atoms with Crippen molar-refractivity contribution in [3.63, 3.8) is 0 Å². The van der Waals surface area contributed by atoms with E-state index in [1.165, 1.54) is 0 Å². The van der Waals surface area contributed by atoms with Crippen molar-refractivity contribution in [1.82, 2.24) is 4.90 Å². The van der Waals surface area contributed by atoms with Crippen LogP contribution in [0.4, 0.5) is 5.69 Å². The number of rotatable bonds is 1. The van der Waals surface area contributed by atoms with E-state index in [-0.39, 0.29) is 11.3 Å². The zero-order valence-corrected chi connectivity index (χ0v) is 11.8. The van der Waals surface area contributed by atoms with Gasteiger partial charge in [-0.25, -0.2) is 0 Å². The molecular weight excluding hydrogens is 240 g/mol. The van der Waals surface area contributed by atoms with Gasteiger partial charge in [0.1, 0.15) is 5.75 Å². The summed E-state index contributed by atoms with van der Waals surface area (Å²) in [5.74, 6) is 1.07. The van der Waals surface area contributed by atoms with Crippen molar-refractivity contribution in [3.8, 4) is 5.75 Å². The van der Waals surface area contributed by atoms with Crippen LogP contribution in [0.15, 0.2) is 18.2 Å². The third kappa shape index (κ3) is 1.66. The van der Waals surface area contributed by atoms with Crippen LogP contribution in [-0.2, 0) is 10.2 Å². The number of amides is 1. The molecule has 3 rings (SSSR count). The monoisotopic (exact) mass is 260 g/mol. The molecule has 1 aromatic carbocycles. The number of fused-ring (bicyclic) bond motifs is 2. The number of likely N-dealkylation sites (N-methyl/N-ethyl adjacent to an activating group) is 1. The number of nitrogens with zero attached hydrogens (tertiary/aromatic N) is 2. The lowest BCUT2D eigenvalue weighted by Crippen LogP contribution is -2.47. The van der Waals surface area contributed by atoms with Crippen LogP contribution >= 0.6 is 0 Å². The molecule has 4 nitrogen and oxygen atoms in total. The van der Waals surface area contributed by atoms with E-state index in [1.54, 1.807) is 12.0 Å². The predicted octanol–water partition coefficient (Wildman–Crippen LogP) is 1.63. The summed E-state index contributed by atoms with van der Waals surface area (Å²) in [5, 5.41) is 0. The summed E-state index contributed by atoms with van der Waals surface area (Å²) in [4.78, 5) is 16.8. The highest BCUT2D eigenvalue weighted by Crippen LogP contribution is 2.48. The second kappa shape index (κ2) is 4.23. The van der Waals surface area contributed by atoms with Crippen LogP contribution < -0.4 is 9.64 Å². The number of benzene rings is 1. The molecule has 1 spiro atoms. The minimum atomic E-state index is -0.328. The van der Waals surface area contributed by atoms with Crippen molar-refractivity contribution in [1.29, 1.82) is 0 Å². The van der Waals surface area contributed by atoms with Crippen LogP contribution in [0.3, 0.4) is 0 Å². The lowest BCUT2D eigenvalue weighted by Gasteiger charge is -2.36. The fraction of sp³-hybridized carbons (Fsp3) is 0.533. The van der Waals surface area contributed by atoms with Crippen LogP contribution in [0, 0.1) is 0 Å². The third-order valence-corrected chi connectivity index (χ3v) is 4.64. The maximum atomic E-state index is 12.7. The normalized spacial score (nSPS) is 21.8. The van der Waals surface area contributed by atoms with Gasteiger partial charge in [0.15, 0.2) is 0 Å². The Morgan fingerprint density at radius 1 is 1.21 bits per heavy atom. The molecule has 1 saturated heterocycles. The van der Waals surface area contributed by atoms with E-state index in [1.807, 2.05) is 25.2 Å². The van der Waals surface area contributed by atoms with Gasteiger partial charge in [0.05, 0.1) is 12.5 Å². The van der Waals surface area contributed by atoms with Crippen molar-refractivity contribution in [2.45, 2.75) is 18.3 Å². The number of carbonyl (C=O) groups excluding carboxylic acids is 1. The molecule has 2 aliphatic heterocycles. The minimum Gasteiger partial charge on any atom is -0.497 e. The SMILES string of the molecule is COc1ccc2c(c1)C1(CCN(C)CC1)C(=O)N2C. The quantitative estimate of drug-likeness (QED) is 0.769. The standard InChI is InChI=1S/C15H20N2O2/c1-16-8-6-15(7-9-16)12-10-11(19-3)4-5-13(12)17(2)14(15)18/h4-5,10H,6-9H2,1-3H3. The first-order chi connectivity index (χ1) is 9.08. The number of ether oxygens (including phenoxy) is 1. The molecule has 1 amide bonds. The molecule has 0 unspecified atom stereocenters. The van der Waals surface area contributed by atoms with Crippen molar-refractivity contribution >= 4 is 11.6 Å². The molecule has 0 N–H and O–H groups in total. The summed E-state index contributed by atoms with van der Waals surface area (Å²) in [7, 11) is 5.66. The molecular formula is C15H20N2O2. The van der Waals surface area contributed by atoms with E-state index in [9.17, 15) is 4.79 Å². The van der Waals surface area contributed by atoms with E-state index < -0.39 is 0 Å². The molecule has 0 aliphatic carbocycles. The van der Waals surface area contributed by atoms with Gasteiger partial charge < -0.3 is 14.5 Å². The average Bonchev–Trinajstić information content (AvgIpc) is 2.64. The van der Waals surface area contributed by atoms with Gasteiger partial charge in [0.2, 0.25) is 5.91 Å². The minimum absolute atomic E-state index is 0.240. The number of carbonyl (C=O) groups is 1. The summed E-state index contributed by atoms with van der Waals surface area (Å²) >= 11 is 0. The Morgan fingerprint density at radius 3 is 2.53 bits per heavy atom. The number of hydrogen-bond acceptors (Lipinski definition) is 3. The van der Waals surface area contributed by atoms with E-state index in [4.69, 9.17) is 4.74 Å². The van der Waals surface area contributed by atoms with E-state index in [0.717, 1.165) is 42.9 Å². The molecule has 1 aromatic rings. The predicted molar refractivity (Wildman–Crippen MR) is 74.8 cm³/mol. The van der Waals surface area contributed by atoms with Crippen LogP contribution in [0.2, 0.25) is 0 Å². The molecule has 2 heterocycles. The van der Waals surface area contributed by atoms with Crippen molar-refractivity contribution in [3.05, 3.63) is 23.8 Å². The number of likely N-dealkylation sites (tertiary alicyclic amines) is 1. The fourth-order valence-corrected chi connectivity index (χ4v) is 3.35. The van der Waals surface area contributed by atoms with Crippen molar-refractivity contribution in [2.75, 3.05) is 39.2 Å². The zero-order valence-electron chi connectivity index (χ0n) is 11.8. The Labute approximate surface area is 113 Å². The van der Waals surface area contributed by atoms with Gasteiger partial charge >= 0.3 is 0 Å². The molecule has 0 bridgehead atoms. The number of hydrogen-bond donors (Lipinski definition) is 0. The average molecular weight is 260 g/mol. The molecule has 0 saturated carbocycles. The maximum Gasteiger partial charge on any atom is 0.237 e. The van der Waals surface area contributed by atoms with Crippen LogP contribution in [-0.4, -0.2) is 45.1 Å². The number of piperidine rings is 1. The first-order valence-electron chi connectivity index (χ1n) is 6.74. The Morgan fingerprint density at radius 2 is 1.89 bits per heavy atom. The number of anilines is 1. The molecule has 1 fully saturated rings. The van der Waals surface area contributed by atoms with E-state index >= 15 is 0 Å². The smallest absolute Gasteiger partial charge is 0.237 e. The molecule has 19 heavy (non-hydrogen) atoms. The Balaban J connectivity index is 2.10. The summed E-state index contributed by atoms with van der Waals surface area (Å²) in [6, 6.07) is 5.97. The summed E-state index contributed by atoms with van der Waals surface area (Å²) in [6.45, 7) is 1.94. The Hall–Kier alpha value is -1.55. The summed E-state index contributed by atoms with van der Waals surface area (Å²) in [5.41, 5.74) is 1.85. The van der Waals surface area contributed by atoms with Crippen LogP contribution in [0.5, 0.6) is 5.75 Å². The van der Waals surface area contributed by atoms with Gasteiger partial charge in [-0.05, 0) is 56.7 Å². The van der Waals surface area contributed by atoms with Gasteiger partial charge in [-0.3, -0.25) is 4.79 Å². The van der Waals surface area contributed by atoms with Crippen molar-refractivity contribution < 1.29 is 9.53 Å². The Bertz CT molecular complexity index is 519. The molecule has 2 aliphatic rings. The van der Waals surface area contributed by atoms with Crippen LogP contribution in [0.1, 0.15) is 18.4 Å². The Kier molecular flexibility index (Phi) is 2.78. The fourth-order valence-electron chi connectivity index (χ4n) is 3.35. The van der Waals surface area contributed by atoms with Gasteiger partial charge in [-0.1, -0.05) is 0 Å². The highest BCUT2D eigenvalue weighted by molar-refractivity contribution is 6.08. The topological polar surface area (TPSA) is 32.8 Å². The van der Waals surface area contributed by atoms with Crippen molar-refractivity contribution in [2.24, 2.45) is 0 Å². The van der Waals surface area contributed by atoms with Crippen LogP contribution in [0.25, 0.3) is 0 Å². The van der Waals surface area contributed by atoms with Gasteiger partial charge in [0, 0.05) is 12.7 Å².